The molecule has 0 radical (unpaired) electrons. The van der Waals surface area contributed by atoms with E-state index >= 15 is 0 Å². The molecule has 104 valence electrons. The molecule has 1 amide bonds. The highest BCUT2D eigenvalue weighted by atomic mass is 16.5. The average molecular weight is 263 g/mol. The molecule has 4 N–H and O–H groups in total. The average Bonchev–Trinajstić information content (AvgIpc) is 2.65. The van der Waals surface area contributed by atoms with Gasteiger partial charge in [0.1, 0.15) is 0 Å². The minimum atomic E-state index is -0.260. The predicted octanol–water partition coefficient (Wildman–Crippen LogP) is 1.99. The summed E-state index contributed by atoms with van der Waals surface area (Å²) in [6.45, 7) is 7.34. The fraction of sp³-hybridized carbons (Fsp3) is 0.500. The Labute approximate surface area is 113 Å². The Kier molecular flexibility index (Phi) is 3.66. The molecular weight excluding hydrogens is 242 g/mol. The number of rotatable bonds is 5. The highest BCUT2D eigenvalue weighted by Gasteiger charge is 2.21. The molecule has 0 aliphatic carbocycles. The largest absolute Gasteiger partial charge is 0.397 e. The number of fused-ring (bicyclic) bond motifs is 1. The van der Waals surface area contributed by atoms with Crippen LogP contribution in [0.25, 0.3) is 0 Å². The quantitative estimate of drug-likeness (QED) is 0.710. The van der Waals surface area contributed by atoms with E-state index in [2.05, 4.69) is 10.6 Å². The Morgan fingerprint density at radius 3 is 2.89 bits per heavy atom. The first kappa shape index (κ1) is 13.7. The topological polar surface area (TPSA) is 76.4 Å². The zero-order valence-electron chi connectivity index (χ0n) is 11.7. The van der Waals surface area contributed by atoms with Crippen LogP contribution in [0.3, 0.4) is 0 Å². The van der Waals surface area contributed by atoms with Gasteiger partial charge in [0.25, 0.3) is 0 Å². The Hall–Kier alpha value is -1.75. The van der Waals surface area contributed by atoms with Gasteiger partial charge in [0, 0.05) is 18.8 Å². The maximum absolute atomic E-state index is 11.3. The van der Waals surface area contributed by atoms with Crippen molar-refractivity contribution in [2.24, 2.45) is 0 Å². The van der Waals surface area contributed by atoms with E-state index in [-0.39, 0.29) is 11.5 Å². The summed E-state index contributed by atoms with van der Waals surface area (Å²) in [6, 6.07) is 3.74. The summed E-state index contributed by atoms with van der Waals surface area (Å²) in [5, 5.41) is 6.10. The molecule has 5 nitrogen and oxygen atoms in total. The second-order valence-electron chi connectivity index (χ2n) is 5.37. The lowest BCUT2D eigenvalue weighted by atomic mass is 10.1. The molecule has 0 spiro atoms. The van der Waals surface area contributed by atoms with Crippen LogP contribution in [0.5, 0.6) is 0 Å². The Morgan fingerprint density at radius 1 is 1.47 bits per heavy atom. The van der Waals surface area contributed by atoms with Crippen molar-refractivity contribution >= 4 is 23.0 Å². The molecule has 0 unspecified atom stereocenters. The van der Waals surface area contributed by atoms with Crippen molar-refractivity contribution < 1.29 is 9.53 Å². The van der Waals surface area contributed by atoms with Crippen molar-refractivity contribution in [2.45, 2.75) is 32.8 Å². The molecule has 2 rings (SSSR count). The summed E-state index contributed by atoms with van der Waals surface area (Å²) in [5.41, 5.74) is 9.02. The molecule has 1 aromatic rings. The molecule has 5 heteroatoms. The monoisotopic (exact) mass is 263 g/mol. The number of carbonyl (C=O) groups is 1. The van der Waals surface area contributed by atoms with Crippen LogP contribution in [-0.4, -0.2) is 24.7 Å². The molecule has 1 aliphatic heterocycles. The Balaban J connectivity index is 2.10. The van der Waals surface area contributed by atoms with Crippen LogP contribution in [0.4, 0.5) is 17.1 Å². The van der Waals surface area contributed by atoms with E-state index in [1.54, 1.807) is 0 Å². The van der Waals surface area contributed by atoms with E-state index in [0.717, 1.165) is 16.9 Å². The number of nitrogen functional groups attached to an aromatic ring is 1. The van der Waals surface area contributed by atoms with Crippen molar-refractivity contribution in [1.82, 2.24) is 0 Å². The van der Waals surface area contributed by atoms with Crippen molar-refractivity contribution in [1.29, 1.82) is 0 Å². The van der Waals surface area contributed by atoms with Crippen molar-refractivity contribution in [3.63, 3.8) is 0 Å². The number of nitrogens with two attached hydrogens (primary N) is 1. The third kappa shape index (κ3) is 3.17. The standard InChI is InChI=1S/C14H21N3O2/c1-4-19-14(2,3)8-16-12-7-11-9(5-10(12)15)6-13(18)17-11/h5,7,16H,4,6,8,15H2,1-3H3,(H,17,18). The van der Waals surface area contributed by atoms with Crippen LogP contribution in [0, 0.1) is 0 Å². The second-order valence-corrected chi connectivity index (χ2v) is 5.37. The lowest BCUT2D eigenvalue weighted by Gasteiger charge is -2.26. The van der Waals surface area contributed by atoms with Gasteiger partial charge in [-0.2, -0.15) is 0 Å². The minimum absolute atomic E-state index is 0.0150. The molecule has 0 bridgehead atoms. The zero-order chi connectivity index (χ0) is 14.0. The summed E-state index contributed by atoms with van der Waals surface area (Å²) < 4.78 is 5.63. The molecule has 1 heterocycles. The van der Waals surface area contributed by atoms with Gasteiger partial charge in [0.15, 0.2) is 0 Å². The molecule has 0 saturated heterocycles. The number of ether oxygens (including phenoxy) is 1. The normalized spacial score (nSPS) is 14.2. The van der Waals surface area contributed by atoms with E-state index < -0.39 is 0 Å². The van der Waals surface area contributed by atoms with Gasteiger partial charge in [-0.15, -0.1) is 0 Å². The number of hydrogen-bond donors (Lipinski definition) is 3. The summed E-state index contributed by atoms with van der Waals surface area (Å²) in [4.78, 5) is 11.3. The third-order valence-corrected chi connectivity index (χ3v) is 3.14. The summed E-state index contributed by atoms with van der Waals surface area (Å²) in [5.74, 6) is 0.0150. The van der Waals surface area contributed by atoms with Gasteiger partial charge in [-0.3, -0.25) is 4.79 Å². The predicted molar refractivity (Wildman–Crippen MR) is 77.4 cm³/mol. The van der Waals surface area contributed by atoms with E-state index in [9.17, 15) is 4.79 Å². The van der Waals surface area contributed by atoms with Crippen molar-refractivity contribution in [3.8, 4) is 0 Å². The van der Waals surface area contributed by atoms with Gasteiger partial charge in [-0.05, 0) is 38.5 Å². The van der Waals surface area contributed by atoms with Gasteiger partial charge in [-0.1, -0.05) is 0 Å². The van der Waals surface area contributed by atoms with Crippen LogP contribution >= 0.6 is 0 Å². The number of carbonyl (C=O) groups excluding carboxylic acids is 1. The first-order chi connectivity index (χ1) is 8.91. The zero-order valence-corrected chi connectivity index (χ0v) is 11.7. The van der Waals surface area contributed by atoms with Crippen LogP contribution in [0.1, 0.15) is 26.3 Å². The number of benzene rings is 1. The number of hydrogen-bond acceptors (Lipinski definition) is 4. The lowest BCUT2D eigenvalue weighted by molar-refractivity contribution is -0.115. The van der Waals surface area contributed by atoms with Crippen LogP contribution in [-0.2, 0) is 16.0 Å². The smallest absolute Gasteiger partial charge is 0.228 e. The Morgan fingerprint density at radius 2 is 2.21 bits per heavy atom. The van der Waals surface area contributed by atoms with Crippen molar-refractivity contribution in [2.75, 3.05) is 29.5 Å². The second kappa shape index (κ2) is 5.09. The molecule has 1 aromatic carbocycles. The maximum atomic E-state index is 11.3. The van der Waals surface area contributed by atoms with E-state index in [1.807, 2.05) is 32.9 Å². The highest BCUT2D eigenvalue weighted by molar-refractivity contribution is 6.00. The first-order valence-corrected chi connectivity index (χ1v) is 6.51. The maximum Gasteiger partial charge on any atom is 0.228 e. The highest BCUT2D eigenvalue weighted by Crippen LogP contribution is 2.31. The van der Waals surface area contributed by atoms with E-state index in [1.165, 1.54) is 0 Å². The van der Waals surface area contributed by atoms with Crippen LogP contribution < -0.4 is 16.4 Å². The lowest BCUT2D eigenvalue weighted by Crippen LogP contribution is -2.33. The van der Waals surface area contributed by atoms with Gasteiger partial charge in [-0.25, -0.2) is 0 Å². The minimum Gasteiger partial charge on any atom is -0.397 e. The third-order valence-electron chi connectivity index (χ3n) is 3.14. The fourth-order valence-electron chi connectivity index (χ4n) is 2.20. The van der Waals surface area contributed by atoms with Crippen molar-refractivity contribution in [3.05, 3.63) is 17.7 Å². The molecule has 0 atom stereocenters. The van der Waals surface area contributed by atoms with E-state index in [0.29, 0.717) is 25.3 Å². The first-order valence-electron chi connectivity index (χ1n) is 6.51. The molecule has 0 aromatic heterocycles. The molecular formula is C14H21N3O2. The van der Waals surface area contributed by atoms with Gasteiger partial charge >= 0.3 is 0 Å². The number of anilines is 3. The summed E-state index contributed by atoms with van der Waals surface area (Å²) in [6.07, 6.45) is 0.407. The summed E-state index contributed by atoms with van der Waals surface area (Å²) >= 11 is 0. The molecule has 1 aliphatic rings. The van der Waals surface area contributed by atoms with Crippen LogP contribution in [0.15, 0.2) is 12.1 Å². The molecule has 0 fully saturated rings. The van der Waals surface area contributed by atoms with Gasteiger partial charge < -0.3 is 21.1 Å². The molecule has 0 saturated carbocycles. The van der Waals surface area contributed by atoms with E-state index in [4.69, 9.17) is 10.5 Å². The fourth-order valence-corrected chi connectivity index (χ4v) is 2.20. The Bertz CT molecular complexity index is 498. The molecule has 19 heavy (non-hydrogen) atoms. The SMILES string of the molecule is CCOC(C)(C)CNc1cc2c(cc1N)CC(=O)N2. The van der Waals surface area contributed by atoms with Gasteiger partial charge in [0.05, 0.1) is 23.4 Å². The van der Waals surface area contributed by atoms with Crippen LogP contribution in [0.2, 0.25) is 0 Å². The van der Waals surface area contributed by atoms with Gasteiger partial charge in [0.2, 0.25) is 5.91 Å². The number of amides is 1. The summed E-state index contributed by atoms with van der Waals surface area (Å²) in [7, 11) is 0. The number of nitrogens with one attached hydrogen (secondary N) is 2.